The van der Waals surface area contributed by atoms with Crippen molar-refractivity contribution >= 4 is 11.8 Å². The van der Waals surface area contributed by atoms with Crippen molar-refractivity contribution in [2.75, 3.05) is 52.9 Å². The van der Waals surface area contributed by atoms with Gasteiger partial charge < -0.3 is 20.4 Å². The fraction of sp³-hybridized carbons (Fsp3) is 0.688. The van der Waals surface area contributed by atoms with Crippen molar-refractivity contribution in [1.82, 2.24) is 30.2 Å². The molecule has 2 N–H and O–H groups in total. The molecule has 1 atom stereocenters. The smallest absolute Gasteiger partial charge is 0.247 e. The van der Waals surface area contributed by atoms with Crippen molar-refractivity contribution in [1.29, 1.82) is 0 Å². The van der Waals surface area contributed by atoms with Gasteiger partial charge in [0, 0.05) is 52.2 Å². The molecule has 2 rings (SSSR count). The van der Waals surface area contributed by atoms with E-state index >= 15 is 0 Å². The Kier molecular flexibility index (Phi) is 7.20. The highest BCUT2D eigenvalue weighted by Crippen LogP contribution is 2.07. The molecule has 1 fully saturated rings. The molecule has 0 radical (unpaired) electrons. The van der Waals surface area contributed by atoms with Crippen molar-refractivity contribution < 1.29 is 9.59 Å². The zero-order chi connectivity index (χ0) is 17.4. The highest BCUT2D eigenvalue weighted by atomic mass is 16.2. The highest BCUT2D eigenvalue weighted by Gasteiger charge is 2.21. The van der Waals surface area contributed by atoms with Gasteiger partial charge in [-0.1, -0.05) is 0 Å². The van der Waals surface area contributed by atoms with Gasteiger partial charge in [0.15, 0.2) is 0 Å². The number of rotatable bonds is 8. The molecule has 0 spiro atoms. The molecule has 8 heteroatoms. The van der Waals surface area contributed by atoms with Crippen LogP contribution in [0.1, 0.15) is 19.4 Å². The minimum atomic E-state index is -0.412. The van der Waals surface area contributed by atoms with E-state index in [1.165, 1.54) is 4.90 Å². The van der Waals surface area contributed by atoms with Gasteiger partial charge in [-0.2, -0.15) is 5.10 Å². The number of hydrogen-bond donors (Lipinski definition) is 2. The Morgan fingerprint density at radius 3 is 2.79 bits per heavy atom. The van der Waals surface area contributed by atoms with E-state index in [0.29, 0.717) is 6.54 Å². The van der Waals surface area contributed by atoms with Crippen LogP contribution in [-0.4, -0.2) is 84.3 Å². The standard InChI is InChI=1S/C16H28N6O2/c1-14(22-10-4-6-19-22)16(24)20(2)13-15(23)18-5-3-9-21-11-7-17-8-12-21/h4,6,10,14,17H,3,5,7-9,11-13H2,1-2H3,(H,18,23). The van der Waals surface area contributed by atoms with E-state index in [0.717, 1.165) is 39.1 Å². The number of aromatic nitrogens is 2. The van der Waals surface area contributed by atoms with Gasteiger partial charge in [-0.25, -0.2) is 0 Å². The van der Waals surface area contributed by atoms with Gasteiger partial charge >= 0.3 is 0 Å². The molecule has 0 aliphatic carbocycles. The molecule has 0 aromatic carbocycles. The monoisotopic (exact) mass is 336 g/mol. The van der Waals surface area contributed by atoms with Crippen molar-refractivity contribution in [2.24, 2.45) is 0 Å². The van der Waals surface area contributed by atoms with Crippen LogP contribution in [0.5, 0.6) is 0 Å². The van der Waals surface area contributed by atoms with E-state index in [1.54, 1.807) is 37.1 Å². The lowest BCUT2D eigenvalue weighted by Gasteiger charge is -2.27. The minimum Gasteiger partial charge on any atom is -0.355 e. The number of amides is 2. The first kappa shape index (κ1) is 18.4. The summed E-state index contributed by atoms with van der Waals surface area (Å²) in [5, 5.41) is 10.3. The molecule has 1 aliphatic rings. The topological polar surface area (TPSA) is 82.5 Å². The number of nitrogens with one attached hydrogen (secondary N) is 2. The first-order valence-electron chi connectivity index (χ1n) is 8.52. The summed E-state index contributed by atoms with van der Waals surface area (Å²) in [5.74, 6) is -0.256. The van der Waals surface area contributed by atoms with Gasteiger partial charge in [-0.15, -0.1) is 0 Å². The molecule has 1 unspecified atom stereocenters. The average Bonchev–Trinajstić information content (AvgIpc) is 3.13. The maximum absolute atomic E-state index is 12.3. The zero-order valence-electron chi connectivity index (χ0n) is 14.6. The second-order valence-corrected chi connectivity index (χ2v) is 6.15. The molecule has 2 amide bonds. The first-order valence-corrected chi connectivity index (χ1v) is 8.52. The van der Waals surface area contributed by atoms with Crippen LogP contribution in [0.25, 0.3) is 0 Å². The second-order valence-electron chi connectivity index (χ2n) is 6.15. The molecule has 2 heterocycles. The number of carbonyl (C=O) groups is 2. The van der Waals surface area contributed by atoms with Gasteiger partial charge in [0.05, 0.1) is 6.54 Å². The minimum absolute atomic E-state index is 0.0675. The quantitative estimate of drug-likeness (QED) is 0.615. The van der Waals surface area contributed by atoms with E-state index in [-0.39, 0.29) is 18.4 Å². The van der Waals surface area contributed by atoms with Crippen LogP contribution >= 0.6 is 0 Å². The number of hydrogen-bond acceptors (Lipinski definition) is 5. The van der Waals surface area contributed by atoms with Gasteiger partial charge in [0.1, 0.15) is 6.04 Å². The molecular weight excluding hydrogens is 308 g/mol. The van der Waals surface area contributed by atoms with E-state index in [1.807, 2.05) is 0 Å². The molecule has 0 saturated carbocycles. The molecule has 1 aliphatic heterocycles. The number of piperazine rings is 1. The summed E-state index contributed by atoms with van der Waals surface area (Å²) in [6.45, 7) is 7.68. The second kappa shape index (κ2) is 9.39. The molecule has 134 valence electrons. The Bertz CT molecular complexity index is 513. The van der Waals surface area contributed by atoms with E-state index in [4.69, 9.17) is 0 Å². The Morgan fingerprint density at radius 2 is 2.12 bits per heavy atom. The maximum atomic E-state index is 12.3. The van der Waals surface area contributed by atoms with Crippen LogP contribution in [0.15, 0.2) is 18.5 Å². The maximum Gasteiger partial charge on any atom is 0.247 e. The number of likely N-dealkylation sites (N-methyl/N-ethyl adjacent to an activating group) is 1. The third-order valence-electron chi connectivity index (χ3n) is 4.22. The van der Waals surface area contributed by atoms with Crippen molar-refractivity contribution in [3.8, 4) is 0 Å². The predicted octanol–water partition coefficient (Wildman–Crippen LogP) is -0.686. The van der Waals surface area contributed by atoms with Crippen LogP contribution < -0.4 is 10.6 Å². The van der Waals surface area contributed by atoms with Crippen molar-refractivity contribution in [3.05, 3.63) is 18.5 Å². The van der Waals surface area contributed by atoms with Gasteiger partial charge in [0.2, 0.25) is 11.8 Å². The largest absolute Gasteiger partial charge is 0.355 e. The number of carbonyl (C=O) groups excluding carboxylic acids is 2. The van der Waals surface area contributed by atoms with Gasteiger partial charge in [-0.3, -0.25) is 14.3 Å². The summed E-state index contributed by atoms with van der Waals surface area (Å²) in [7, 11) is 1.64. The lowest BCUT2D eigenvalue weighted by Crippen LogP contribution is -2.45. The summed E-state index contributed by atoms with van der Waals surface area (Å²) < 4.78 is 1.59. The third-order valence-corrected chi connectivity index (χ3v) is 4.22. The Morgan fingerprint density at radius 1 is 1.38 bits per heavy atom. The normalized spacial score (nSPS) is 16.6. The first-order chi connectivity index (χ1) is 11.6. The summed E-state index contributed by atoms with van der Waals surface area (Å²) in [5.41, 5.74) is 0. The molecule has 1 aromatic rings. The number of nitrogens with zero attached hydrogens (tertiary/aromatic N) is 4. The lowest BCUT2D eigenvalue weighted by atomic mass is 10.3. The molecule has 1 aromatic heterocycles. The van der Waals surface area contributed by atoms with Crippen LogP contribution in [0.4, 0.5) is 0 Å². The average molecular weight is 336 g/mol. The van der Waals surface area contributed by atoms with Crippen LogP contribution in [-0.2, 0) is 9.59 Å². The predicted molar refractivity (Wildman–Crippen MR) is 91.5 cm³/mol. The Balaban J connectivity index is 1.63. The molecule has 24 heavy (non-hydrogen) atoms. The lowest BCUT2D eigenvalue weighted by molar-refractivity contribution is -0.137. The van der Waals surface area contributed by atoms with Crippen molar-refractivity contribution in [3.63, 3.8) is 0 Å². The summed E-state index contributed by atoms with van der Waals surface area (Å²) >= 11 is 0. The molecular formula is C16H28N6O2. The Labute approximate surface area is 143 Å². The summed E-state index contributed by atoms with van der Waals surface area (Å²) in [4.78, 5) is 28.1. The fourth-order valence-electron chi connectivity index (χ4n) is 2.76. The van der Waals surface area contributed by atoms with E-state index in [2.05, 4.69) is 20.6 Å². The summed E-state index contributed by atoms with van der Waals surface area (Å²) in [6.07, 6.45) is 4.30. The zero-order valence-corrected chi connectivity index (χ0v) is 14.6. The molecule has 8 nitrogen and oxygen atoms in total. The van der Waals surface area contributed by atoms with Crippen LogP contribution in [0.3, 0.4) is 0 Å². The fourth-order valence-corrected chi connectivity index (χ4v) is 2.76. The third kappa shape index (κ3) is 5.61. The Hall–Kier alpha value is -1.93. The van der Waals surface area contributed by atoms with Gasteiger partial charge in [-0.05, 0) is 26.0 Å². The molecule has 1 saturated heterocycles. The van der Waals surface area contributed by atoms with Gasteiger partial charge in [0.25, 0.3) is 0 Å². The summed E-state index contributed by atoms with van der Waals surface area (Å²) in [6, 6.07) is 1.36. The SMILES string of the molecule is CC(C(=O)N(C)CC(=O)NCCCN1CCNCC1)n1cccn1. The highest BCUT2D eigenvalue weighted by molar-refractivity contribution is 5.86. The van der Waals surface area contributed by atoms with Crippen molar-refractivity contribution in [2.45, 2.75) is 19.4 Å². The van der Waals surface area contributed by atoms with E-state index in [9.17, 15) is 9.59 Å². The van der Waals surface area contributed by atoms with E-state index < -0.39 is 6.04 Å². The molecule has 0 bridgehead atoms. The van der Waals surface area contributed by atoms with Crippen LogP contribution in [0.2, 0.25) is 0 Å². The van der Waals surface area contributed by atoms with Crippen LogP contribution in [0, 0.1) is 0 Å².